The Morgan fingerprint density at radius 2 is 1.95 bits per heavy atom. The van der Waals surface area contributed by atoms with Gasteiger partial charge in [-0.15, -0.1) is 0 Å². The van der Waals surface area contributed by atoms with Crippen molar-refractivity contribution in [3.63, 3.8) is 0 Å². The van der Waals surface area contributed by atoms with Gasteiger partial charge in [0.25, 0.3) is 0 Å². The smallest absolute Gasteiger partial charge is 0.243 e. The summed E-state index contributed by atoms with van der Waals surface area (Å²) in [5.41, 5.74) is 5.00. The van der Waals surface area contributed by atoms with Gasteiger partial charge in [0, 0.05) is 17.0 Å². The molecule has 0 unspecified atom stereocenters. The Morgan fingerprint density at radius 1 is 1.25 bits per heavy atom. The first-order chi connectivity index (χ1) is 9.60. The fourth-order valence-electron chi connectivity index (χ4n) is 1.74. The van der Waals surface area contributed by atoms with Gasteiger partial charge in [0.05, 0.1) is 13.3 Å². The van der Waals surface area contributed by atoms with Gasteiger partial charge in [-0.2, -0.15) is 5.10 Å². The van der Waals surface area contributed by atoms with Crippen LogP contribution in [0.3, 0.4) is 0 Å². The van der Waals surface area contributed by atoms with E-state index in [-0.39, 0.29) is 5.75 Å². The van der Waals surface area contributed by atoms with E-state index in [4.69, 9.17) is 4.74 Å². The molecule has 0 fully saturated rings. The van der Waals surface area contributed by atoms with Crippen molar-refractivity contribution >= 4 is 12.2 Å². The highest BCUT2D eigenvalue weighted by molar-refractivity contribution is 5.85. The number of hydrazone groups is 1. The van der Waals surface area contributed by atoms with E-state index in [1.807, 2.05) is 19.9 Å². The van der Waals surface area contributed by atoms with Gasteiger partial charge in [-0.3, -0.25) is 0 Å². The number of anilines is 1. The summed E-state index contributed by atoms with van der Waals surface area (Å²) >= 11 is 0. The van der Waals surface area contributed by atoms with Crippen molar-refractivity contribution in [1.82, 2.24) is 9.97 Å². The maximum absolute atomic E-state index is 9.90. The number of phenolic OH excluding ortho intramolecular Hbond substituents is 1. The molecule has 0 radical (unpaired) electrons. The molecular weight excluding hydrogens is 256 g/mol. The molecule has 20 heavy (non-hydrogen) atoms. The van der Waals surface area contributed by atoms with E-state index in [9.17, 15) is 5.11 Å². The molecule has 2 N–H and O–H groups in total. The van der Waals surface area contributed by atoms with E-state index >= 15 is 0 Å². The number of nitrogens with zero attached hydrogens (tertiary/aromatic N) is 3. The predicted molar refractivity (Wildman–Crippen MR) is 77.4 cm³/mol. The van der Waals surface area contributed by atoms with Crippen LogP contribution in [0.4, 0.5) is 5.95 Å². The topological polar surface area (TPSA) is 79.6 Å². The minimum absolute atomic E-state index is 0.0434. The summed E-state index contributed by atoms with van der Waals surface area (Å²) in [4.78, 5) is 8.40. The fraction of sp³-hybridized carbons (Fsp3) is 0.214. The van der Waals surface area contributed by atoms with E-state index < -0.39 is 0 Å². The maximum atomic E-state index is 9.90. The van der Waals surface area contributed by atoms with Crippen LogP contribution < -0.4 is 10.2 Å². The largest absolute Gasteiger partial charge is 0.504 e. The molecule has 2 rings (SSSR count). The monoisotopic (exact) mass is 272 g/mol. The van der Waals surface area contributed by atoms with Crippen molar-refractivity contribution in [1.29, 1.82) is 0 Å². The van der Waals surface area contributed by atoms with Crippen LogP contribution in [0.1, 0.15) is 17.0 Å². The van der Waals surface area contributed by atoms with Gasteiger partial charge in [-0.1, -0.05) is 6.07 Å². The molecule has 0 aliphatic heterocycles. The number of hydrogen-bond acceptors (Lipinski definition) is 6. The number of ether oxygens (including phenoxy) is 1. The second-order valence-electron chi connectivity index (χ2n) is 4.24. The van der Waals surface area contributed by atoms with Crippen molar-refractivity contribution in [3.05, 3.63) is 41.2 Å². The van der Waals surface area contributed by atoms with E-state index in [0.717, 1.165) is 11.4 Å². The lowest BCUT2D eigenvalue weighted by molar-refractivity contribution is 0.373. The van der Waals surface area contributed by atoms with Gasteiger partial charge in [0.2, 0.25) is 5.95 Å². The Kier molecular flexibility index (Phi) is 4.14. The summed E-state index contributed by atoms with van der Waals surface area (Å²) in [6.45, 7) is 3.77. The van der Waals surface area contributed by atoms with Gasteiger partial charge in [-0.05, 0) is 32.0 Å². The minimum atomic E-state index is 0.0434. The van der Waals surface area contributed by atoms with Crippen LogP contribution in [-0.4, -0.2) is 28.4 Å². The van der Waals surface area contributed by atoms with E-state index in [1.54, 1.807) is 18.2 Å². The van der Waals surface area contributed by atoms with Crippen molar-refractivity contribution in [2.24, 2.45) is 5.10 Å². The molecule has 0 aliphatic carbocycles. The van der Waals surface area contributed by atoms with Crippen LogP contribution in [-0.2, 0) is 0 Å². The Morgan fingerprint density at radius 3 is 2.60 bits per heavy atom. The van der Waals surface area contributed by atoms with Crippen LogP contribution in [0.25, 0.3) is 0 Å². The molecule has 2 aromatic rings. The zero-order chi connectivity index (χ0) is 14.5. The number of rotatable bonds is 4. The Bertz CT molecular complexity index is 621. The average molecular weight is 272 g/mol. The second kappa shape index (κ2) is 6.01. The molecule has 0 spiro atoms. The summed E-state index contributed by atoms with van der Waals surface area (Å²) < 4.78 is 5.02. The summed E-state index contributed by atoms with van der Waals surface area (Å²) in [6.07, 6.45) is 1.48. The van der Waals surface area contributed by atoms with E-state index in [0.29, 0.717) is 17.3 Å². The first-order valence-corrected chi connectivity index (χ1v) is 6.07. The zero-order valence-corrected chi connectivity index (χ0v) is 11.6. The third-order valence-electron chi connectivity index (χ3n) is 2.60. The molecule has 6 heteroatoms. The van der Waals surface area contributed by atoms with Crippen LogP contribution >= 0.6 is 0 Å². The number of aromatic nitrogens is 2. The summed E-state index contributed by atoms with van der Waals surface area (Å²) in [5.74, 6) is 0.861. The van der Waals surface area contributed by atoms with Crippen LogP contribution in [0.5, 0.6) is 11.5 Å². The molecule has 0 saturated heterocycles. The van der Waals surface area contributed by atoms with E-state index in [1.165, 1.54) is 13.3 Å². The number of para-hydroxylation sites is 1. The standard InChI is InChI=1S/C14H16N4O2/c1-9-7-10(2)17-14(16-9)18-15-8-11-5-4-6-12(20-3)13(11)19/h4-8,19H,1-3H3,(H,16,17,18)/b15-8-. The van der Waals surface area contributed by atoms with Gasteiger partial charge in [-0.25, -0.2) is 15.4 Å². The van der Waals surface area contributed by atoms with Gasteiger partial charge >= 0.3 is 0 Å². The Hall–Kier alpha value is -2.63. The lowest BCUT2D eigenvalue weighted by atomic mass is 10.2. The Labute approximate surface area is 117 Å². The third-order valence-corrected chi connectivity index (χ3v) is 2.60. The maximum Gasteiger partial charge on any atom is 0.243 e. The molecule has 0 atom stereocenters. The number of aromatic hydroxyl groups is 1. The summed E-state index contributed by atoms with van der Waals surface area (Å²) in [6, 6.07) is 7.05. The number of benzene rings is 1. The minimum Gasteiger partial charge on any atom is -0.504 e. The number of methoxy groups -OCH3 is 1. The zero-order valence-electron chi connectivity index (χ0n) is 11.6. The molecule has 1 aromatic heterocycles. The van der Waals surface area contributed by atoms with Crippen LogP contribution in [0.2, 0.25) is 0 Å². The highest BCUT2D eigenvalue weighted by Crippen LogP contribution is 2.27. The van der Waals surface area contributed by atoms with E-state index in [2.05, 4.69) is 20.5 Å². The summed E-state index contributed by atoms with van der Waals surface area (Å²) in [7, 11) is 1.50. The molecule has 1 aromatic carbocycles. The van der Waals surface area contributed by atoms with Crippen LogP contribution in [0, 0.1) is 13.8 Å². The lowest BCUT2D eigenvalue weighted by Gasteiger charge is -2.05. The van der Waals surface area contributed by atoms with Crippen LogP contribution in [0.15, 0.2) is 29.4 Å². The van der Waals surface area contributed by atoms with Crippen molar-refractivity contribution in [2.75, 3.05) is 12.5 Å². The van der Waals surface area contributed by atoms with Gasteiger partial charge in [0.1, 0.15) is 0 Å². The first kappa shape index (κ1) is 13.8. The molecular formula is C14H16N4O2. The predicted octanol–water partition coefficient (Wildman–Crippen LogP) is 2.25. The number of hydrogen-bond donors (Lipinski definition) is 2. The molecule has 0 amide bonds. The lowest BCUT2D eigenvalue weighted by Crippen LogP contribution is -1.99. The molecule has 6 nitrogen and oxygen atoms in total. The third kappa shape index (κ3) is 3.23. The average Bonchev–Trinajstić information content (AvgIpc) is 2.39. The van der Waals surface area contributed by atoms with Gasteiger partial charge < -0.3 is 9.84 Å². The molecule has 0 saturated carbocycles. The normalized spacial score (nSPS) is 10.8. The first-order valence-electron chi connectivity index (χ1n) is 6.07. The number of aryl methyl sites for hydroxylation is 2. The molecule has 1 heterocycles. The number of phenols is 1. The SMILES string of the molecule is COc1cccc(/C=N\Nc2nc(C)cc(C)n2)c1O. The highest BCUT2D eigenvalue weighted by atomic mass is 16.5. The van der Waals surface area contributed by atoms with Crippen molar-refractivity contribution < 1.29 is 9.84 Å². The quantitative estimate of drug-likeness (QED) is 0.659. The Balaban J connectivity index is 2.14. The summed E-state index contributed by atoms with van der Waals surface area (Å²) in [5, 5.41) is 13.9. The molecule has 0 bridgehead atoms. The highest BCUT2D eigenvalue weighted by Gasteiger charge is 2.04. The van der Waals surface area contributed by atoms with Crippen molar-refractivity contribution in [3.8, 4) is 11.5 Å². The molecule has 0 aliphatic rings. The fourth-order valence-corrected chi connectivity index (χ4v) is 1.74. The van der Waals surface area contributed by atoms with Crippen molar-refractivity contribution in [2.45, 2.75) is 13.8 Å². The second-order valence-corrected chi connectivity index (χ2v) is 4.24. The molecule has 104 valence electrons. The number of nitrogens with one attached hydrogen (secondary N) is 1. The van der Waals surface area contributed by atoms with Gasteiger partial charge in [0.15, 0.2) is 11.5 Å².